The van der Waals surface area contributed by atoms with Crippen LogP contribution < -0.4 is 5.32 Å². The minimum Gasteiger partial charge on any atom is -0.334 e. The Morgan fingerprint density at radius 3 is 2.75 bits per heavy atom. The monoisotopic (exact) mass is 336 g/mol. The third-order valence-corrected chi connectivity index (χ3v) is 5.22. The lowest BCUT2D eigenvalue weighted by atomic mass is 10.0. The maximum Gasteiger partial charge on any atom is 0.318 e. The van der Waals surface area contributed by atoms with Crippen molar-refractivity contribution < 1.29 is 4.79 Å². The van der Waals surface area contributed by atoms with Gasteiger partial charge in [-0.15, -0.1) is 0 Å². The van der Waals surface area contributed by atoms with E-state index in [1.54, 1.807) is 11.3 Å². The molecule has 0 aliphatic heterocycles. The van der Waals surface area contributed by atoms with Gasteiger partial charge in [0.15, 0.2) is 0 Å². The molecule has 24 heavy (non-hydrogen) atoms. The number of nitrogens with zero attached hydrogens (tertiary/aromatic N) is 1. The summed E-state index contributed by atoms with van der Waals surface area (Å²) < 4.78 is 0. The Hall–Kier alpha value is -2.33. The van der Waals surface area contributed by atoms with Gasteiger partial charge < -0.3 is 10.2 Å². The fourth-order valence-electron chi connectivity index (χ4n) is 3.05. The van der Waals surface area contributed by atoms with Crippen LogP contribution in [0.15, 0.2) is 59.3 Å². The molecule has 1 N–H and O–H groups in total. The van der Waals surface area contributed by atoms with Crippen molar-refractivity contribution in [2.24, 2.45) is 0 Å². The summed E-state index contributed by atoms with van der Waals surface area (Å²) in [5.74, 6) is 0. The van der Waals surface area contributed by atoms with Crippen molar-refractivity contribution in [3.05, 3.63) is 70.4 Å². The summed E-state index contributed by atoms with van der Waals surface area (Å²) in [7, 11) is 0. The van der Waals surface area contributed by atoms with Crippen molar-refractivity contribution in [1.29, 1.82) is 0 Å². The Balaban J connectivity index is 1.46. The van der Waals surface area contributed by atoms with E-state index in [-0.39, 0.29) is 6.03 Å². The van der Waals surface area contributed by atoms with Crippen LogP contribution >= 0.6 is 11.3 Å². The minimum atomic E-state index is 0.0386. The van der Waals surface area contributed by atoms with Crippen molar-refractivity contribution in [3.63, 3.8) is 0 Å². The lowest BCUT2D eigenvalue weighted by Crippen LogP contribution is -2.40. The summed E-state index contributed by atoms with van der Waals surface area (Å²) in [5.41, 5.74) is 2.37. The van der Waals surface area contributed by atoms with E-state index in [0.29, 0.717) is 19.1 Å². The number of urea groups is 1. The molecule has 1 aliphatic carbocycles. The van der Waals surface area contributed by atoms with E-state index in [4.69, 9.17) is 0 Å². The summed E-state index contributed by atoms with van der Waals surface area (Å²) in [5, 5.41) is 9.71. The van der Waals surface area contributed by atoms with Crippen LogP contribution in [0.3, 0.4) is 0 Å². The van der Waals surface area contributed by atoms with Crippen LogP contribution in [0, 0.1) is 0 Å². The van der Waals surface area contributed by atoms with Crippen LogP contribution in [0.25, 0.3) is 10.8 Å². The highest BCUT2D eigenvalue weighted by Gasteiger charge is 2.32. The number of thiophene rings is 1. The van der Waals surface area contributed by atoms with Gasteiger partial charge in [0.1, 0.15) is 0 Å². The first-order chi connectivity index (χ1) is 11.8. The maximum absolute atomic E-state index is 12.7. The molecule has 1 saturated carbocycles. The smallest absolute Gasteiger partial charge is 0.318 e. The molecule has 0 bridgehead atoms. The van der Waals surface area contributed by atoms with E-state index in [9.17, 15) is 4.79 Å². The minimum absolute atomic E-state index is 0.0386. The van der Waals surface area contributed by atoms with Gasteiger partial charge in [0.25, 0.3) is 0 Å². The van der Waals surface area contributed by atoms with Gasteiger partial charge in [0.2, 0.25) is 0 Å². The van der Waals surface area contributed by atoms with Crippen LogP contribution in [-0.4, -0.2) is 17.0 Å². The first-order valence-corrected chi connectivity index (χ1v) is 9.28. The van der Waals surface area contributed by atoms with E-state index < -0.39 is 0 Å². The van der Waals surface area contributed by atoms with E-state index in [0.717, 1.165) is 18.4 Å². The van der Waals surface area contributed by atoms with Gasteiger partial charge in [-0.2, -0.15) is 11.3 Å². The molecular weight excluding hydrogens is 316 g/mol. The largest absolute Gasteiger partial charge is 0.334 e. The summed E-state index contributed by atoms with van der Waals surface area (Å²) >= 11 is 1.68. The predicted octanol–water partition coefficient (Wildman–Crippen LogP) is 4.78. The Bertz CT molecular complexity index is 834. The molecule has 2 amide bonds. The molecule has 4 heteroatoms. The summed E-state index contributed by atoms with van der Waals surface area (Å²) in [4.78, 5) is 14.7. The third-order valence-electron chi connectivity index (χ3n) is 4.49. The van der Waals surface area contributed by atoms with Crippen molar-refractivity contribution in [3.8, 4) is 0 Å². The molecule has 1 aliphatic rings. The number of benzene rings is 2. The second kappa shape index (κ2) is 6.65. The van der Waals surface area contributed by atoms with Crippen LogP contribution in [0.1, 0.15) is 24.0 Å². The zero-order valence-corrected chi connectivity index (χ0v) is 14.3. The molecule has 122 valence electrons. The van der Waals surface area contributed by atoms with Crippen LogP contribution in [0.5, 0.6) is 0 Å². The highest BCUT2D eigenvalue weighted by Crippen LogP contribution is 2.29. The highest BCUT2D eigenvalue weighted by molar-refractivity contribution is 7.07. The Kier molecular flexibility index (Phi) is 4.22. The number of carbonyl (C=O) groups excluding carboxylic acids is 1. The molecule has 0 unspecified atom stereocenters. The molecule has 3 nitrogen and oxygen atoms in total. The molecule has 3 aromatic rings. The van der Waals surface area contributed by atoms with Crippen LogP contribution in [0.4, 0.5) is 4.79 Å². The second-order valence-corrected chi connectivity index (χ2v) is 7.07. The van der Waals surface area contributed by atoms with Crippen molar-refractivity contribution in [2.45, 2.75) is 32.0 Å². The molecule has 0 saturated heterocycles. The van der Waals surface area contributed by atoms with Crippen molar-refractivity contribution in [2.75, 3.05) is 0 Å². The van der Waals surface area contributed by atoms with Gasteiger partial charge in [-0.25, -0.2) is 4.79 Å². The van der Waals surface area contributed by atoms with Gasteiger partial charge in [0.05, 0.1) is 0 Å². The van der Waals surface area contributed by atoms with E-state index in [1.165, 1.54) is 16.3 Å². The van der Waals surface area contributed by atoms with Gasteiger partial charge >= 0.3 is 6.03 Å². The normalized spacial score (nSPS) is 13.8. The standard InChI is InChI=1S/C20H20N2OS/c23-20(22(18-8-9-18)13-15-10-11-24-14-15)21-12-17-6-3-5-16-4-1-2-7-19(16)17/h1-7,10-11,14,18H,8-9,12-13H2,(H,21,23). The maximum atomic E-state index is 12.7. The van der Waals surface area contributed by atoms with Crippen molar-refractivity contribution >= 4 is 28.1 Å². The van der Waals surface area contributed by atoms with Gasteiger partial charge in [-0.3, -0.25) is 0 Å². The number of hydrogen-bond donors (Lipinski definition) is 1. The van der Waals surface area contributed by atoms with Gasteiger partial charge in [-0.1, -0.05) is 42.5 Å². The summed E-state index contributed by atoms with van der Waals surface area (Å²) in [6, 6.07) is 17.1. The predicted molar refractivity (Wildman–Crippen MR) is 99.1 cm³/mol. The average molecular weight is 336 g/mol. The molecule has 0 atom stereocenters. The molecule has 1 fully saturated rings. The quantitative estimate of drug-likeness (QED) is 0.715. The second-order valence-electron chi connectivity index (χ2n) is 6.29. The lowest BCUT2D eigenvalue weighted by molar-refractivity contribution is 0.191. The fraction of sp³-hybridized carbons (Fsp3) is 0.250. The number of hydrogen-bond acceptors (Lipinski definition) is 2. The van der Waals surface area contributed by atoms with E-state index in [1.807, 2.05) is 23.1 Å². The molecule has 4 rings (SSSR count). The number of carbonyl (C=O) groups is 1. The number of amides is 2. The molecule has 0 radical (unpaired) electrons. The molecule has 2 aromatic carbocycles. The van der Waals surface area contributed by atoms with Gasteiger partial charge in [0, 0.05) is 19.1 Å². The number of nitrogens with one attached hydrogen (secondary N) is 1. The van der Waals surface area contributed by atoms with Crippen LogP contribution in [0.2, 0.25) is 0 Å². The van der Waals surface area contributed by atoms with Crippen LogP contribution in [-0.2, 0) is 13.1 Å². The summed E-state index contributed by atoms with van der Waals surface area (Å²) in [6.45, 7) is 1.27. The molecular formula is C20H20N2OS. The first-order valence-electron chi connectivity index (χ1n) is 8.33. The zero-order chi connectivity index (χ0) is 16.4. The van der Waals surface area contributed by atoms with Crippen molar-refractivity contribution in [1.82, 2.24) is 10.2 Å². The Morgan fingerprint density at radius 2 is 1.96 bits per heavy atom. The zero-order valence-electron chi connectivity index (χ0n) is 13.4. The average Bonchev–Trinajstić information content (AvgIpc) is 3.33. The van der Waals surface area contributed by atoms with E-state index in [2.05, 4.69) is 46.4 Å². The number of rotatable bonds is 5. The summed E-state index contributed by atoms with van der Waals surface area (Å²) in [6.07, 6.45) is 2.23. The Morgan fingerprint density at radius 1 is 1.12 bits per heavy atom. The fourth-order valence-corrected chi connectivity index (χ4v) is 3.71. The van der Waals surface area contributed by atoms with E-state index >= 15 is 0 Å². The third kappa shape index (κ3) is 3.29. The Labute approximate surface area is 145 Å². The first kappa shape index (κ1) is 15.2. The highest BCUT2D eigenvalue weighted by atomic mass is 32.1. The lowest BCUT2D eigenvalue weighted by Gasteiger charge is -2.22. The van der Waals surface area contributed by atoms with Gasteiger partial charge in [-0.05, 0) is 51.6 Å². The SMILES string of the molecule is O=C(NCc1cccc2ccccc12)N(Cc1ccsc1)C1CC1. The topological polar surface area (TPSA) is 32.3 Å². The number of fused-ring (bicyclic) bond motifs is 1. The molecule has 0 spiro atoms. The molecule has 1 aromatic heterocycles. The molecule has 1 heterocycles.